The van der Waals surface area contributed by atoms with Crippen LogP contribution in [0.1, 0.15) is 21.8 Å². The van der Waals surface area contributed by atoms with Gasteiger partial charge < -0.3 is 4.74 Å². The molecule has 0 unspecified atom stereocenters. The number of carbonyl (C=O) groups is 1. The summed E-state index contributed by atoms with van der Waals surface area (Å²) in [4.78, 5) is 15.3. The largest absolute Gasteiger partial charge is 0.465 e. The molecule has 0 bridgehead atoms. The molecule has 0 fully saturated rings. The first-order valence-corrected chi connectivity index (χ1v) is 4.42. The van der Waals surface area contributed by atoms with Crippen molar-refractivity contribution in [2.45, 2.75) is 5.92 Å². The maximum absolute atomic E-state index is 11.2. The van der Waals surface area contributed by atoms with Crippen LogP contribution in [0.3, 0.4) is 0 Å². The average molecular weight is 200 g/mol. The number of rotatable bonds is 1. The van der Waals surface area contributed by atoms with Crippen molar-refractivity contribution in [1.29, 1.82) is 5.26 Å². The Morgan fingerprint density at radius 2 is 2.40 bits per heavy atom. The van der Waals surface area contributed by atoms with E-state index in [0.717, 1.165) is 5.56 Å². The number of aliphatic imine (C=N–C) groups is 1. The molecule has 15 heavy (non-hydrogen) atoms. The van der Waals surface area contributed by atoms with Crippen LogP contribution in [0.4, 0.5) is 5.69 Å². The third kappa shape index (κ3) is 1.48. The molecular formula is C11H8N2O2. The number of hydrogen-bond donors (Lipinski definition) is 0. The second-order valence-corrected chi connectivity index (χ2v) is 3.15. The normalized spacial score (nSPS) is 16.9. The third-order valence-electron chi connectivity index (χ3n) is 2.29. The number of hydrogen-bond acceptors (Lipinski definition) is 4. The first-order valence-electron chi connectivity index (χ1n) is 4.42. The van der Waals surface area contributed by atoms with Crippen molar-refractivity contribution in [1.82, 2.24) is 0 Å². The third-order valence-corrected chi connectivity index (χ3v) is 2.29. The second kappa shape index (κ2) is 3.54. The topological polar surface area (TPSA) is 62.4 Å². The van der Waals surface area contributed by atoms with E-state index >= 15 is 0 Å². The Bertz CT molecular complexity index is 486. The van der Waals surface area contributed by atoms with Crippen molar-refractivity contribution >= 4 is 17.9 Å². The summed E-state index contributed by atoms with van der Waals surface area (Å²) in [5.74, 6) is -0.694. The molecule has 0 aliphatic carbocycles. The fourth-order valence-corrected chi connectivity index (χ4v) is 1.50. The molecule has 0 N–H and O–H groups in total. The Morgan fingerprint density at radius 1 is 1.60 bits per heavy atom. The molecule has 74 valence electrons. The fourth-order valence-electron chi connectivity index (χ4n) is 1.50. The van der Waals surface area contributed by atoms with Crippen LogP contribution in [0.15, 0.2) is 23.2 Å². The van der Waals surface area contributed by atoms with Gasteiger partial charge in [-0.3, -0.25) is 4.99 Å². The fraction of sp³-hybridized carbons (Fsp3) is 0.182. The van der Waals surface area contributed by atoms with E-state index in [9.17, 15) is 4.79 Å². The lowest BCUT2D eigenvalue weighted by Crippen LogP contribution is -2.01. The number of ether oxygens (including phenoxy) is 1. The van der Waals surface area contributed by atoms with Crippen molar-refractivity contribution in [3.63, 3.8) is 0 Å². The Balaban J connectivity index is 2.42. The van der Waals surface area contributed by atoms with E-state index in [2.05, 4.69) is 15.8 Å². The molecule has 0 amide bonds. The highest BCUT2D eigenvalue weighted by Gasteiger charge is 2.19. The Morgan fingerprint density at radius 3 is 3.07 bits per heavy atom. The molecule has 0 radical (unpaired) electrons. The number of benzene rings is 1. The molecule has 2 rings (SSSR count). The minimum atomic E-state index is -0.395. The number of nitriles is 1. The van der Waals surface area contributed by atoms with E-state index in [1.54, 1.807) is 24.4 Å². The van der Waals surface area contributed by atoms with Gasteiger partial charge in [-0.1, -0.05) is 6.07 Å². The molecule has 4 nitrogen and oxygen atoms in total. The number of fused-ring (bicyclic) bond motifs is 1. The Hall–Kier alpha value is -2.15. The first kappa shape index (κ1) is 9.41. The van der Waals surface area contributed by atoms with Crippen LogP contribution in [0.5, 0.6) is 0 Å². The molecule has 4 heteroatoms. The van der Waals surface area contributed by atoms with Crippen LogP contribution in [0, 0.1) is 11.3 Å². The van der Waals surface area contributed by atoms with Crippen LogP contribution in [0.25, 0.3) is 0 Å². The molecule has 0 saturated heterocycles. The standard InChI is InChI=1S/C11H8N2O2/c1-15-11(14)7-2-3-9-8(5-12)6-13-10(9)4-7/h2-4,6,8H,1H3/t8-/m0/s1. The van der Waals surface area contributed by atoms with E-state index < -0.39 is 5.97 Å². The summed E-state index contributed by atoms with van der Waals surface area (Å²) in [7, 11) is 1.33. The molecular weight excluding hydrogens is 192 g/mol. The quantitative estimate of drug-likeness (QED) is 0.649. The predicted molar refractivity (Wildman–Crippen MR) is 54.3 cm³/mol. The van der Waals surface area contributed by atoms with Crippen LogP contribution in [0.2, 0.25) is 0 Å². The zero-order valence-electron chi connectivity index (χ0n) is 8.10. The van der Waals surface area contributed by atoms with Gasteiger partial charge in [-0.15, -0.1) is 0 Å². The zero-order chi connectivity index (χ0) is 10.8. The van der Waals surface area contributed by atoms with Gasteiger partial charge in [0.1, 0.15) is 5.92 Å². The van der Waals surface area contributed by atoms with E-state index in [1.807, 2.05) is 0 Å². The van der Waals surface area contributed by atoms with Gasteiger partial charge in [-0.25, -0.2) is 4.79 Å². The van der Waals surface area contributed by atoms with Crippen LogP contribution in [-0.4, -0.2) is 19.3 Å². The molecule has 0 saturated carbocycles. The lowest BCUT2D eigenvalue weighted by Gasteiger charge is -2.03. The highest BCUT2D eigenvalue weighted by Crippen LogP contribution is 2.32. The molecule has 0 spiro atoms. The maximum atomic E-state index is 11.2. The van der Waals surface area contributed by atoms with E-state index in [-0.39, 0.29) is 5.92 Å². The number of nitrogens with zero attached hydrogens (tertiary/aromatic N) is 2. The lowest BCUT2D eigenvalue weighted by molar-refractivity contribution is 0.0601. The van der Waals surface area contributed by atoms with E-state index in [4.69, 9.17) is 5.26 Å². The molecule has 1 heterocycles. The number of esters is 1. The summed E-state index contributed by atoms with van der Waals surface area (Å²) >= 11 is 0. The van der Waals surface area contributed by atoms with Crippen molar-refractivity contribution in [2.75, 3.05) is 7.11 Å². The van der Waals surface area contributed by atoms with Crippen LogP contribution in [-0.2, 0) is 4.74 Å². The Kier molecular flexibility index (Phi) is 2.22. The molecule has 1 aromatic rings. The predicted octanol–water partition coefficient (Wildman–Crippen LogP) is 1.80. The minimum absolute atomic E-state index is 0.299. The van der Waals surface area contributed by atoms with Gasteiger partial charge in [-0.05, 0) is 12.1 Å². The van der Waals surface area contributed by atoms with Crippen LogP contribution >= 0.6 is 0 Å². The van der Waals surface area contributed by atoms with Gasteiger partial charge in [0, 0.05) is 11.8 Å². The first-order chi connectivity index (χ1) is 7.26. The number of methoxy groups -OCH3 is 1. The second-order valence-electron chi connectivity index (χ2n) is 3.15. The highest BCUT2D eigenvalue weighted by atomic mass is 16.5. The summed E-state index contributed by atoms with van der Waals surface area (Å²) in [6.07, 6.45) is 1.58. The van der Waals surface area contributed by atoms with Gasteiger partial charge in [0.2, 0.25) is 0 Å². The lowest BCUT2D eigenvalue weighted by atomic mass is 10.0. The maximum Gasteiger partial charge on any atom is 0.337 e. The summed E-state index contributed by atoms with van der Waals surface area (Å²) in [6.45, 7) is 0. The molecule has 1 aliphatic heterocycles. The van der Waals surface area contributed by atoms with Crippen molar-refractivity contribution in [2.24, 2.45) is 4.99 Å². The SMILES string of the molecule is COC(=O)c1ccc2c(c1)N=C[C@@H]2C#N. The highest BCUT2D eigenvalue weighted by molar-refractivity contribution is 5.92. The Labute approximate surface area is 86.8 Å². The van der Waals surface area contributed by atoms with Crippen LogP contribution < -0.4 is 0 Å². The molecule has 0 aromatic heterocycles. The van der Waals surface area contributed by atoms with Crippen molar-refractivity contribution < 1.29 is 9.53 Å². The summed E-state index contributed by atoms with van der Waals surface area (Å²) in [5.41, 5.74) is 1.96. The van der Waals surface area contributed by atoms with E-state index in [0.29, 0.717) is 11.3 Å². The van der Waals surface area contributed by atoms with Gasteiger partial charge in [0.15, 0.2) is 0 Å². The smallest absolute Gasteiger partial charge is 0.337 e. The molecule has 1 atom stereocenters. The average Bonchev–Trinajstić information content (AvgIpc) is 2.69. The van der Waals surface area contributed by atoms with Gasteiger partial charge in [0.05, 0.1) is 24.4 Å². The summed E-state index contributed by atoms with van der Waals surface area (Å²) in [5, 5.41) is 8.80. The van der Waals surface area contributed by atoms with Crippen molar-refractivity contribution in [3.05, 3.63) is 29.3 Å². The van der Waals surface area contributed by atoms with Gasteiger partial charge >= 0.3 is 5.97 Å². The summed E-state index contributed by atoms with van der Waals surface area (Å²) in [6, 6.07) is 7.13. The molecule has 1 aromatic carbocycles. The van der Waals surface area contributed by atoms with Crippen molar-refractivity contribution in [3.8, 4) is 6.07 Å². The van der Waals surface area contributed by atoms with Gasteiger partial charge in [-0.2, -0.15) is 5.26 Å². The summed E-state index contributed by atoms with van der Waals surface area (Å²) < 4.78 is 4.59. The number of carbonyl (C=O) groups excluding carboxylic acids is 1. The van der Waals surface area contributed by atoms with E-state index in [1.165, 1.54) is 7.11 Å². The molecule has 1 aliphatic rings. The zero-order valence-corrected chi connectivity index (χ0v) is 8.10. The monoisotopic (exact) mass is 200 g/mol. The van der Waals surface area contributed by atoms with Gasteiger partial charge in [0.25, 0.3) is 0 Å². The minimum Gasteiger partial charge on any atom is -0.465 e.